The number of rotatable bonds is 2. The van der Waals surface area contributed by atoms with Crippen molar-refractivity contribution in [2.75, 3.05) is 19.6 Å². The molecular weight excluding hydrogens is 200 g/mol. The van der Waals surface area contributed by atoms with E-state index in [4.69, 9.17) is 0 Å². The largest absolute Gasteiger partial charge is 0.339 e. The Kier molecular flexibility index (Phi) is 3.34. The van der Waals surface area contributed by atoms with Crippen LogP contribution in [0.2, 0.25) is 0 Å². The molecule has 2 aliphatic rings. The Balaban J connectivity index is 2.03. The van der Waals surface area contributed by atoms with Crippen molar-refractivity contribution in [2.24, 2.45) is 10.9 Å². The highest BCUT2D eigenvalue weighted by Crippen LogP contribution is 2.25. The maximum absolute atomic E-state index is 11.5. The van der Waals surface area contributed by atoms with Crippen LogP contribution < -0.4 is 0 Å². The summed E-state index contributed by atoms with van der Waals surface area (Å²) in [5, 5.41) is 0. The molecule has 3 nitrogen and oxygen atoms in total. The second-order valence-electron chi connectivity index (χ2n) is 4.06. The van der Waals surface area contributed by atoms with E-state index in [0.29, 0.717) is 5.92 Å². The Morgan fingerprint density at radius 1 is 1.62 bits per heavy atom. The topological polar surface area (TPSA) is 32.7 Å². The average molecular weight is 216 g/mol. The van der Waals surface area contributed by atoms with Gasteiger partial charge in [0.05, 0.1) is 6.54 Å². The Labute approximate surface area is 95.9 Å². The van der Waals surface area contributed by atoms with Crippen molar-refractivity contribution in [3.8, 4) is 0 Å². The van der Waals surface area contributed by atoms with Crippen molar-refractivity contribution in [3.05, 3.63) is 36.5 Å². The van der Waals surface area contributed by atoms with E-state index in [0.717, 1.165) is 26.1 Å². The number of carbonyl (C=O) groups excluding carboxylic acids is 1. The normalized spacial score (nSPS) is 24.1. The van der Waals surface area contributed by atoms with E-state index in [1.807, 2.05) is 11.1 Å². The molecule has 16 heavy (non-hydrogen) atoms. The van der Waals surface area contributed by atoms with Crippen LogP contribution in [0.1, 0.15) is 6.42 Å². The van der Waals surface area contributed by atoms with Crippen LogP contribution in [0, 0.1) is 5.92 Å². The fourth-order valence-electron chi connectivity index (χ4n) is 2.14. The second-order valence-corrected chi connectivity index (χ2v) is 4.06. The third kappa shape index (κ3) is 2.30. The zero-order chi connectivity index (χ0) is 11.4. The molecule has 1 amide bonds. The summed E-state index contributed by atoms with van der Waals surface area (Å²) in [6.07, 6.45) is 10.5. The Bertz CT molecular complexity index is 379. The minimum atomic E-state index is 0.0365. The standard InChI is InChI=1S/C13H16N2O/c1-2-13(16)15-9-6-12(10-15)11-4-3-7-14-8-5-11/h2-5,8,12H,1,6-7,9-10H2. The first-order valence-corrected chi connectivity index (χ1v) is 5.59. The molecule has 0 saturated carbocycles. The van der Waals surface area contributed by atoms with Crippen molar-refractivity contribution < 1.29 is 4.79 Å². The first-order valence-electron chi connectivity index (χ1n) is 5.59. The Morgan fingerprint density at radius 3 is 3.31 bits per heavy atom. The average Bonchev–Trinajstić information content (AvgIpc) is 2.64. The lowest BCUT2D eigenvalue weighted by Crippen LogP contribution is -2.26. The molecule has 1 fully saturated rings. The van der Waals surface area contributed by atoms with Crippen molar-refractivity contribution in [3.63, 3.8) is 0 Å². The number of nitrogens with zero attached hydrogens (tertiary/aromatic N) is 2. The van der Waals surface area contributed by atoms with Crippen molar-refractivity contribution in [2.45, 2.75) is 6.42 Å². The van der Waals surface area contributed by atoms with Gasteiger partial charge in [0.1, 0.15) is 0 Å². The van der Waals surface area contributed by atoms with Gasteiger partial charge in [-0.2, -0.15) is 0 Å². The van der Waals surface area contributed by atoms with E-state index in [-0.39, 0.29) is 5.91 Å². The van der Waals surface area contributed by atoms with E-state index >= 15 is 0 Å². The maximum Gasteiger partial charge on any atom is 0.245 e. The van der Waals surface area contributed by atoms with Gasteiger partial charge in [0.25, 0.3) is 0 Å². The van der Waals surface area contributed by atoms with Gasteiger partial charge in [-0.3, -0.25) is 9.79 Å². The molecular formula is C13H16N2O. The number of likely N-dealkylation sites (tertiary alicyclic amines) is 1. The van der Waals surface area contributed by atoms with Crippen LogP contribution in [0.25, 0.3) is 0 Å². The second kappa shape index (κ2) is 4.92. The summed E-state index contributed by atoms with van der Waals surface area (Å²) in [6, 6.07) is 0. The molecule has 2 heterocycles. The minimum Gasteiger partial charge on any atom is -0.339 e. The summed E-state index contributed by atoms with van der Waals surface area (Å²) in [5.41, 5.74) is 1.28. The molecule has 3 heteroatoms. The van der Waals surface area contributed by atoms with Gasteiger partial charge in [-0.1, -0.05) is 18.7 Å². The van der Waals surface area contributed by atoms with Gasteiger partial charge in [-0.15, -0.1) is 0 Å². The first-order chi connectivity index (χ1) is 7.81. The Hall–Kier alpha value is -1.64. The molecule has 1 saturated heterocycles. The third-order valence-electron chi connectivity index (χ3n) is 3.04. The molecule has 0 aromatic carbocycles. The quantitative estimate of drug-likeness (QED) is 0.645. The van der Waals surface area contributed by atoms with Gasteiger partial charge in [0, 0.05) is 25.2 Å². The molecule has 0 aromatic rings. The third-order valence-corrected chi connectivity index (χ3v) is 3.04. The molecule has 84 valence electrons. The predicted molar refractivity (Wildman–Crippen MR) is 65.5 cm³/mol. The SMILES string of the molecule is C=CC(=O)N1CCC(C2=CC=NCC=C2)C1. The summed E-state index contributed by atoms with van der Waals surface area (Å²) >= 11 is 0. The van der Waals surface area contributed by atoms with Crippen molar-refractivity contribution in [1.82, 2.24) is 4.90 Å². The maximum atomic E-state index is 11.5. The number of amides is 1. The summed E-state index contributed by atoms with van der Waals surface area (Å²) < 4.78 is 0. The van der Waals surface area contributed by atoms with E-state index in [1.54, 1.807) is 0 Å². The van der Waals surface area contributed by atoms with Crippen LogP contribution >= 0.6 is 0 Å². The van der Waals surface area contributed by atoms with Crippen LogP contribution in [0.3, 0.4) is 0 Å². The van der Waals surface area contributed by atoms with Crippen LogP contribution in [0.5, 0.6) is 0 Å². The molecule has 0 bridgehead atoms. The fraction of sp³-hybridized carbons (Fsp3) is 0.385. The van der Waals surface area contributed by atoms with Gasteiger partial charge in [0.15, 0.2) is 0 Å². The molecule has 1 atom stereocenters. The molecule has 2 aliphatic heterocycles. The molecule has 0 N–H and O–H groups in total. The van der Waals surface area contributed by atoms with Gasteiger partial charge in [0.2, 0.25) is 5.91 Å². The molecule has 2 rings (SSSR count). The molecule has 0 aromatic heterocycles. The van der Waals surface area contributed by atoms with Crippen LogP contribution in [0.15, 0.2) is 41.4 Å². The summed E-state index contributed by atoms with van der Waals surface area (Å²) in [6.45, 7) is 5.90. The molecule has 0 spiro atoms. The first kappa shape index (κ1) is 10.9. The lowest BCUT2D eigenvalue weighted by atomic mass is 9.98. The zero-order valence-corrected chi connectivity index (χ0v) is 9.30. The monoisotopic (exact) mass is 216 g/mol. The highest BCUT2D eigenvalue weighted by Gasteiger charge is 2.26. The highest BCUT2D eigenvalue weighted by molar-refractivity contribution is 5.87. The summed E-state index contributed by atoms with van der Waals surface area (Å²) in [7, 11) is 0. The van der Waals surface area contributed by atoms with Crippen molar-refractivity contribution in [1.29, 1.82) is 0 Å². The fourth-order valence-corrected chi connectivity index (χ4v) is 2.14. The number of allylic oxidation sites excluding steroid dienone is 2. The van der Waals surface area contributed by atoms with Crippen LogP contribution in [-0.4, -0.2) is 36.7 Å². The van der Waals surface area contributed by atoms with E-state index in [9.17, 15) is 4.79 Å². The smallest absolute Gasteiger partial charge is 0.245 e. The van der Waals surface area contributed by atoms with E-state index < -0.39 is 0 Å². The van der Waals surface area contributed by atoms with E-state index in [2.05, 4.69) is 29.8 Å². The lowest BCUT2D eigenvalue weighted by molar-refractivity contribution is -0.125. The number of hydrogen-bond donors (Lipinski definition) is 0. The Morgan fingerprint density at radius 2 is 2.50 bits per heavy atom. The van der Waals surface area contributed by atoms with Crippen LogP contribution in [-0.2, 0) is 4.79 Å². The molecule has 1 unspecified atom stereocenters. The number of aliphatic imine (C=N–C) groups is 1. The molecule has 0 radical (unpaired) electrons. The lowest BCUT2D eigenvalue weighted by Gasteiger charge is -2.14. The van der Waals surface area contributed by atoms with Gasteiger partial charge < -0.3 is 4.90 Å². The van der Waals surface area contributed by atoms with Crippen molar-refractivity contribution >= 4 is 12.1 Å². The van der Waals surface area contributed by atoms with E-state index in [1.165, 1.54) is 11.6 Å². The molecule has 0 aliphatic carbocycles. The zero-order valence-electron chi connectivity index (χ0n) is 9.30. The number of hydrogen-bond acceptors (Lipinski definition) is 2. The number of carbonyl (C=O) groups is 1. The summed E-state index contributed by atoms with van der Waals surface area (Å²) in [5.74, 6) is 0.485. The highest BCUT2D eigenvalue weighted by atomic mass is 16.2. The summed E-state index contributed by atoms with van der Waals surface area (Å²) in [4.78, 5) is 17.5. The predicted octanol–water partition coefficient (Wildman–Crippen LogP) is 1.59. The van der Waals surface area contributed by atoms with Crippen LogP contribution in [0.4, 0.5) is 0 Å². The van der Waals surface area contributed by atoms with Gasteiger partial charge in [-0.25, -0.2) is 0 Å². The van der Waals surface area contributed by atoms with Gasteiger partial charge >= 0.3 is 0 Å². The van der Waals surface area contributed by atoms with Gasteiger partial charge in [-0.05, 0) is 24.1 Å². The minimum absolute atomic E-state index is 0.0365.